The summed E-state index contributed by atoms with van der Waals surface area (Å²) in [6.45, 7) is 2.02. The predicted molar refractivity (Wildman–Crippen MR) is 78.2 cm³/mol. The molecule has 2 rings (SSSR count). The highest BCUT2D eigenvalue weighted by Crippen LogP contribution is 2.17. The van der Waals surface area contributed by atoms with Gasteiger partial charge in [-0.1, -0.05) is 12.1 Å². The van der Waals surface area contributed by atoms with Crippen LogP contribution in [0.4, 0.5) is 14.5 Å². The van der Waals surface area contributed by atoms with E-state index in [0.29, 0.717) is 11.8 Å². The number of nitrogens with one attached hydrogen (secondary N) is 2. The summed E-state index contributed by atoms with van der Waals surface area (Å²) in [5.41, 5.74) is 1.43. The quantitative estimate of drug-likeness (QED) is 0.905. The SMILES string of the molecule is CNC(C)c1ccc(NC(=O)c2ccc(F)cc2F)cc1. The van der Waals surface area contributed by atoms with E-state index in [1.807, 2.05) is 26.1 Å². The Morgan fingerprint density at radius 1 is 1.10 bits per heavy atom. The number of rotatable bonds is 4. The van der Waals surface area contributed by atoms with Crippen molar-refractivity contribution in [3.63, 3.8) is 0 Å². The van der Waals surface area contributed by atoms with Gasteiger partial charge < -0.3 is 10.6 Å². The van der Waals surface area contributed by atoms with Crippen LogP contribution in [0.2, 0.25) is 0 Å². The minimum Gasteiger partial charge on any atom is -0.322 e. The Kier molecular flexibility index (Phi) is 4.65. The lowest BCUT2D eigenvalue weighted by Gasteiger charge is -2.11. The van der Waals surface area contributed by atoms with Crippen molar-refractivity contribution in [3.8, 4) is 0 Å². The average molecular weight is 290 g/mol. The number of benzene rings is 2. The van der Waals surface area contributed by atoms with Gasteiger partial charge in [0, 0.05) is 17.8 Å². The summed E-state index contributed by atoms with van der Waals surface area (Å²) in [5, 5.41) is 5.69. The van der Waals surface area contributed by atoms with E-state index in [1.165, 1.54) is 0 Å². The van der Waals surface area contributed by atoms with Gasteiger partial charge in [-0.2, -0.15) is 0 Å². The first kappa shape index (κ1) is 15.1. The highest BCUT2D eigenvalue weighted by molar-refractivity contribution is 6.04. The Morgan fingerprint density at radius 2 is 1.76 bits per heavy atom. The summed E-state index contributed by atoms with van der Waals surface area (Å²) in [6.07, 6.45) is 0. The van der Waals surface area contributed by atoms with E-state index in [4.69, 9.17) is 0 Å². The molecule has 0 saturated carbocycles. The molecule has 0 aliphatic rings. The van der Waals surface area contributed by atoms with Crippen LogP contribution in [0.3, 0.4) is 0 Å². The zero-order chi connectivity index (χ0) is 15.4. The third kappa shape index (κ3) is 3.64. The third-order valence-corrected chi connectivity index (χ3v) is 3.28. The molecule has 1 unspecified atom stereocenters. The van der Waals surface area contributed by atoms with Crippen LogP contribution in [0.5, 0.6) is 0 Å². The van der Waals surface area contributed by atoms with Crippen LogP contribution in [0.15, 0.2) is 42.5 Å². The Morgan fingerprint density at radius 3 is 2.33 bits per heavy atom. The molecule has 0 aliphatic carbocycles. The fourth-order valence-corrected chi connectivity index (χ4v) is 1.89. The highest BCUT2D eigenvalue weighted by Gasteiger charge is 2.12. The monoisotopic (exact) mass is 290 g/mol. The first-order chi connectivity index (χ1) is 10.0. The second-order valence-electron chi connectivity index (χ2n) is 4.71. The molecular formula is C16H16F2N2O. The van der Waals surface area contributed by atoms with Crippen molar-refractivity contribution in [2.75, 3.05) is 12.4 Å². The molecule has 2 aromatic rings. The topological polar surface area (TPSA) is 41.1 Å². The Bertz CT molecular complexity index is 641. The number of amides is 1. The van der Waals surface area contributed by atoms with Crippen molar-refractivity contribution in [1.29, 1.82) is 0 Å². The molecule has 3 nitrogen and oxygen atoms in total. The summed E-state index contributed by atoms with van der Waals surface area (Å²) in [4.78, 5) is 11.9. The summed E-state index contributed by atoms with van der Waals surface area (Å²) in [7, 11) is 1.86. The first-order valence-corrected chi connectivity index (χ1v) is 6.55. The van der Waals surface area contributed by atoms with Crippen LogP contribution in [0.1, 0.15) is 28.9 Å². The first-order valence-electron chi connectivity index (χ1n) is 6.55. The van der Waals surface area contributed by atoms with E-state index in [-0.39, 0.29) is 11.6 Å². The number of carbonyl (C=O) groups excluding carboxylic acids is 1. The molecule has 2 N–H and O–H groups in total. The molecular weight excluding hydrogens is 274 g/mol. The minimum absolute atomic E-state index is 0.191. The number of anilines is 1. The van der Waals surface area contributed by atoms with Gasteiger partial charge in [0.05, 0.1) is 5.56 Å². The number of carbonyl (C=O) groups is 1. The van der Waals surface area contributed by atoms with E-state index in [2.05, 4.69) is 10.6 Å². The Hall–Kier alpha value is -2.27. The smallest absolute Gasteiger partial charge is 0.258 e. The van der Waals surface area contributed by atoms with Gasteiger partial charge >= 0.3 is 0 Å². The zero-order valence-corrected chi connectivity index (χ0v) is 11.8. The molecule has 0 spiro atoms. The molecule has 21 heavy (non-hydrogen) atoms. The van der Waals surface area contributed by atoms with Crippen LogP contribution in [-0.2, 0) is 0 Å². The Labute approximate surface area is 122 Å². The maximum absolute atomic E-state index is 13.5. The molecule has 2 aromatic carbocycles. The van der Waals surface area contributed by atoms with Crippen molar-refractivity contribution >= 4 is 11.6 Å². The lowest BCUT2D eigenvalue weighted by atomic mass is 10.1. The van der Waals surface area contributed by atoms with Crippen molar-refractivity contribution < 1.29 is 13.6 Å². The molecule has 5 heteroatoms. The maximum Gasteiger partial charge on any atom is 0.258 e. The summed E-state index contributed by atoms with van der Waals surface area (Å²) in [6, 6.07) is 10.3. The molecule has 0 heterocycles. The average Bonchev–Trinajstić information content (AvgIpc) is 2.47. The van der Waals surface area contributed by atoms with Crippen molar-refractivity contribution in [3.05, 3.63) is 65.2 Å². The van der Waals surface area contributed by atoms with E-state index >= 15 is 0 Å². The maximum atomic E-state index is 13.5. The van der Waals surface area contributed by atoms with Gasteiger partial charge in [-0.15, -0.1) is 0 Å². The molecule has 0 saturated heterocycles. The minimum atomic E-state index is -0.882. The summed E-state index contributed by atoms with van der Waals surface area (Å²) < 4.78 is 26.3. The summed E-state index contributed by atoms with van der Waals surface area (Å²) >= 11 is 0. The van der Waals surface area contributed by atoms with Crippen LogP contribution in [0.25, 0.3) is 0 Å². The lowest BCUT2D eigenvalue weighted by Crippen LogP contribution is -2.15. The molecule has 110 valence electrons. The molecule has 0 aliphatic heterocycles. The molecule has 1 amide bonds. The number of hydrogen-bond donors (Lipinski definition) is 2. The van der Waals surface area contributed by atoms with Crippen molar-refractivity contribution in [1.82, 2.24) is 5.32 Å². The second kappa shape index (κ2) is 6.45. The van der Waals surface area contributed by atoms with E-state index < -0.39 is 17.5 Å². The highest BCUT2D eigenvalue weighted by atomic mass is 19.1. The predicted octanol–water partition coefficient (Wildman–Crippen LogP) is 3.50. The lowest BCUT2D eigenvalue weighted by molar-refractivity contribution is 0.102. The zero-order valence-electron chi connectivity index (χ0n) is 11.8. The van der Waals surface area contributed by atoms with Crippen LogP contribution in [-0.4, -0.2) is 13.0 Å². The largest absolute Gasteiger partial charge is 0.322 e. The van der Waals surface area contributed by atoms with Gasteiger partial charge in [-0.05, 0) is 43.8 Å². The third-order valence-electron chi connectivity index (χ3n) is 3.28. The van der Waals surface area contributed by atoms with Gasteiger partial charge in [0.2, 0.25) is 0 Å². The number of hydrogen-bond acceptors (Lipinski definition) is 2. The van der Waals surface area contributed by atoms with E-state index in [1.54, 1.807) is 12.1 Å². The van der Waals surface area contributed by atoms with E-state index in [0.717, 1.165) is 17.7 Å². The van der Waals surface area contributed by atoms with Crippen LogP contribution >= 0.6 is 0 Å². The summed E-state index contributed by atoms with van der Waals surface area (Å²) in [5.74, 6) is -2.20. The van der Waals surface area contributed by atoms with Gasteiger partial charge in [0.15, 0.2) is 0 Å². The van der Waals surface area contributed by atoms with E-state index in [9.17, 15) is 13.6 Å². The normalized spacial score (nSPS) is 12.0. The van der Waals surface area contributed by atoms with Crippen molar-refractivity contribution in [2.45, 2.75) is 13.0 Å². The fraction of sp³-hybridized carbons (Fsp3) is 0.188. The van der Waals surface area contributed by atoms with Gasteiger partial charge in [-0.25, -0.2) is 8.78 Å². The van der Waals surface area contributed by atoms with Crippen LogP contribution < -0.4 is 10.6 Å². The molecule has 1 atom stereocenters. The standard InChI is InChI=1S/C16H16F2N2O/c1-10(19-2)11-3-6-13(7-4-11)20-16(21)14-8-5-12(17)9-15(14)18/h3-10,19H,1-2H3,(H,20,21). The van der Waals surface area contributed by atoms with Crippen molar-refractivity contribution in [2.24, 2.45) is 0 Å². The number of halogens is 2. The van der Waals surface area contributed by atoms with Gasteiger partial charge in [-0.3, -0.25) is 4.79 Å². The fourth-order valence-electron chi connectivity index (χ4n) is 1.89. The molecule has 0 fully saturated rings. The van der Waals surface area contributed by atoms with Crippen LogP contribution in [0, 0.1) is 11.6 Å². The molecule has 0 aromatic heterocycles. The second-order valence-corrected chi connectivity index (χ2v) is 4.71. The molecule has 0 bridgehead atoms. The Balaban J connectivity index is 2.12. The van der Waals surface area contributed by atoms with Gasteiger partial charge in [0.25, 0.3) is 5.91 Å². The van der Waals surface area contributed by atoms with Gasteiger partial charge in [0.1, 0.15) is 11.6 Å². The molecule has 0 radical (unpaired) electrons.